The van der Waals surface area contributed by atoms with Gasteiger partial charge in [0, 0.05) is 6.61 Å². The molecule has 0 fully saturated rings. The first-order valence-electron chi connectivity index (χ1n) is 10.8. The Hall–Kier alpha value is -3.00. The highest BCUT2D eigenvalue weighted by atomic mass is 32.2. The van der Waals surface area contributed by atoms with Gasteiger partial charge in [-0.1, -0.05) is 26.8 Å². The molecule has 178 valence electrons. The highest BCUT2D eigenvalue weighted by molar-refractivity contribution is 7.95. The van der Waals surface area contributed by atoms with Crippen LogP contribution in [-0.4, -0.2) is 52.2 Å². The van der Waals surface area contributed by atoms with Crippen molar-refractivity contribution in [3.05, 3.63) is 58.0 Å². The molecule has 0 aromatic heterocycles. The van der Waals surface area contributed by atoms with Crippen LogP contribution >= 0.6 is 0 Å². The molecule has 0 bridgehead atoms. The van der Waals surface area contributed by atoms with Gasteiger partial charge < -0.3 is 14.2 Å². The summed E-state index contributed by atoms with van der Waals surface area (Å²) in [6.45, 7) is 5.94. The lowest BCUT2D eigenvalue weighted by atomic mass is 10.1. The van der Waals surface area contributed by atoms with Crippen LogP contribution in [0.25, 0.3) is 0 Å². The zero-order chi connectivity index (χ0) is 24.4. The van der Waals surface area contributed by atoms with Gasteiger partial charge in [-0.25, -0.2) is 22.8 Å². The van der Waals surface area contributed by atoms with E-state index in [-0.39, 0.29) is 41.4 Å². The minimum Gasteiger partial charge on any atom is -0.462 e. The minimum atomic E-state index is -4.39. The molecular formula is C24H28O8S. The number of carbonyl (C=O) groups is 2. The first-order chi connectivity index (χ1) is 15.8. The molecule has 1 unspecified atom stereocenters. The standard InChI is InChI=1S/C24H28O8S/c1-4-12-30-22-18(16-25)8-7-9-20(22)33(28,29)21-15-17(23(26)31-13-5-2)10-11-19(21)24(27)32-14-6-3/h7-11,15,22H,4-6,12-14H2,1-3H3. The SMILES string of the molecule is CCCOC(=O)c1ccc(C(=O)OCCC)c(S(=O)(=O)C2=CC=CC(=C=O)C2OCCC)c1. The maximum atomic E-state index is 13.7. The smallest absolute Gasteiger partial charge is 0.339 e. The number of esters is 2. The average molecular weight is 477 g/mol. The van der Waals surface area contributed by atoms with Crippen LogP contribution in [0.5, 0.6) is 0 Å². The van der Waals surface area contributed by atoms with Crippen molar-refractivity contribution < 1.29 is 37.0 Å². The summed E-state index contributed by atoms with van der Waals surface area (Å²) >= 11 is 0. The zero-order valence-corrected chi connectivity index (χ0v) is 19.8. The fourth-order valence-electron chi connectivity index (χ4n) is 3.02. The molecule has 0 radical (unpaired) electrons. The summed E-state index contributed by atoms with van der Waals surface area (Å²) in [6, 6.07) is 3.64. The molecule has 0 saturated heterocycles. The number of sulfone groups is 1. The summed E-state index contributed by atoms with van der Waals surface area (Å²) in [5.41, 5.74) is -0.242. The molecule has 1 aliphatic carbocycles. The van der Waals surface area contributed by atoms with Gasteiger partial charge in [0.15, 0.2) is 0 Å². The van der Waals surface area contributed by atoms with Crippen LogP contribution in [0.3, 0.4) is 0 Å². The molecule has 0 spiro atoms. The molecule has 33 heavy (non-hydrogen) atoms. The molecule has 1 aliphatic rings. The second kappa shape index (κ2) is 12.3. The van der Waals surface area contributed by atoms with Crippen molar-refractivity contribution in [1.82, 2.24) is 0 Å². The molecule has 1 atom stereocenters. The molecular weight excluding hydrogens is 448 g/mol. The van der Waals surface area contributed by atoms with Gasteiger partial charge in [0.25, 0.3) is 0 Å². The Morgan fingerprint density at radius 3 is 2.21 bits per heavy atom. The summed E-state index contributed by atoms with van der Waals surface area (Å²) in [5.74, 6) is 0.162. The van der Waals surface area contributed by atoms with Crippen molar-refractivity contribution in [2.24, 2.45) is 0 Å². The minimum absolute atomic E-state index is 0.0122. The number of allylic oxidation sites excluding steroid dienone is 2. The van der Waals surface area contributed by atoms with Crippen LogP contribution in [0.2, 0.25) is 0 Å². The Kier molecular flexibility index (Phi) is 9.78. The number of hydrogen-bond donors (Lipinski definition) is 0. The molecule has 1 aromatic carbocycles. The van der Waals surface area contributed by atoms with Crippen molar-refractivity contribution in [2.75, 3.05) is 19.8 Å². The highest BCUT2D eigenvalue weighted by Gasteiger charge is 2.36. The first kappa shape index (κ1) is 26.3. The largest absolute Gasteiger partial charge is 0.462 e. The Labute approximate surface area is 193 Å². The van der Waals surface area contributed by atoms with Crippen molar-refractivity contribution >= 4 is 27.7 Å². The van der Waals surface area contributed by atoms with Crippen LogP contribution in [0.4, 0.5) is 0 Å². The van der Waals surface area contributed by atoms with Gasteiger partial charge in [0.1, 0.15) is 12.0 Å². The van der Waals surface area contributed by atoms with Crippen molar-refractivity contribution in [3.63, 3.8) is 0 Å². The summed E-state index contributed by atoms with van der Waals surface area (Å²) in [6.07, 6.45) is 4.66. The van der Waals surface area contributed by atoms with Crippen LogP contribution in [0.1, 0.15) is 60.7 Å². The van der Waals surface area contributed by atoms with Crippen LogP contribution in [-0.2, 0) is 28.8 Å². The fourth-order valence-corrected chi connectivity index (χ4v) is 4.73. The zero-order valence-electron chi connectivity index (χ0n) is 19.0. The highest BCUT2D eigenvalue weighted by Crippen LogP contribution is 2.32. The maximum Gasteiger partial charge on any atom is 0.339 e. The Bertz CT molecular complexity index is 1090. The average Bonchev–Trinajstić information content (AvgIpc) is 2.83. The summed E-state index contributed by atoms with van der Waals surface area (Å²) in [7, 11) is -4.39. The topological polar surface area (TPSA) is 113 Å². The number of hydrogen-bond acceptors (Lipinski definition) is 8. The Balaban J connectivity index is 2.64. The van der Waals surface area contributed by atoms with Gasteiger partial charge in [-0.3, -0.25) is 0 Å². The molecule has 0 amide bonds. The van der Waals surface area contributed by atoms with E-state index in [1.54, 1.807) is 12.9 Å². The predicted octanol–water partition coefficient (Wildman–Crippen LogP) is 3.60. The van der Waals surface area contributed by atoms with E-state index < -0.39 is 32.8 Å². The molecule has 9 heteroatoms. The third-order valence-corrected chi connectivity index (χ3v) is 6.48. The van der Waals surface area contributed by atoms with Gasteiger partial charge in [0.05, 0.1) is 39.7 Å². The van der Waals surface area contributed by atoms with Gasteiger partial charge >= 0.3 is 11.9 Å². The van der Waals surface area contributed by atoms with E-state index >= 15 is 0 Å². The van der Waals surface area contributed by atoms with E-state index in [9.17, 15) is 22.8 Å². The van der Waals surface area contributed by atoms with Crippen LogP contribution in [0.15, 0.2) is 51.8 Å². The predicted molar refractivity (Wildman–Crippen MR) is 121 cm³/mol. The molecule has 0 N–H and O–H groups in total. The monoisotopic (exact) mass is 476 g/mol. The quantitative estimate of drug-likeness (QED) is 0.352. The Morgan fingerprint density at radius 2 is 1.61 bits per heavy atom. The summed E-state index contributed by atoms with van der Waals surface area (Å²) < 4.78 is 43.4. The van der Waals surface area contributed by atoms with E-state index in [4.69, 9.17) is 14.2 Å². The van der Waals surface area contributed by atoms with Crippen molar-refractivity contribution in [3.8, 4) is 0 Å². The second-order valence-corrected chi connectivity index (χ2v) is 9.14. The summed E-state index contributed by atoms with van der Waals surface area (Å²) in [5, 5.41) is 0. The first-order valence-corrected chi connectivity index (χ1v) is 12.3. The van der Waals surface area contributed by atoms with E-state index in [2.05, 4.69) is 0 Å². The molecule has 8 nitrogen and oxygen atoms in total. The lowest BCUT2D eigenvalue weighted by Crippen LogP contribution is -2.27. The third-order valence-electron chi connectivity index (χ3n) is 4.60. The van der Waals surface area contributed by atoms with Gasteiger partial charge in [-0.05, 0) is 49.6 Å². The molecule has 0 heterocycles. The number of ether oxygens (including phenoxy) is 3. The number of benzene rings is 1. The molecule has 2 rings (SSSR count). The normalized spacial score (nSPS) is 15.5. The second-order valence-electron chi connectivity index (χ2n) is 7.22. The molecule has 0 saturated carbocycles. The van der Waals surface area contributed by atoms with Crippen molar-refractivity contribution in [1.29, 1.82) is 0 Å². The fraction of sp³-hybridized carbons (Fsp3) is 0.417. The number of carbonyl (C=O) groups excluding carboxylic acids is 3. The van der Waals surface area contributed by atoms with E-state index in [1.165, 1.54) is 30.4 Å². The summed E-state index contributed by atoms with van der Waals surface area (Å²) in [4.78, 5) is 35.8. The maximum absolute atomic E-state index is 13.7. The van der Waals surface area contributed by atoms with Gasteiger partial charge in [0.2, 0.25) is 9.84 Å². The lowest BCUT2D eigenvalue weighted by Gasteiger charge is -2.23. The van der Waals surface area contributed by atoms with Crippen LogP contribution < -0.4 is 0 Å². The van der Waals surface area contributed by atoms with E-state index in [0.717, 1.165) is 6.07 Å². The molecule has 0 aliphatic heterocycles. The third kappa shape index (κ3) is 6.28. The van der Waals surface area contributed by atoms with Crippen LogP contribution in [0, 0.1) is 0 Å². The Morgan fingerprint density at radius 1 is 0.970 bits per heavy atom. The van der Waals surface area contributed by atoms with Gasteiger partial charge in [-0.2, -0.15) is 0 Å². The van der Waals surface area contributed by atoms with E-state index in [0.29, 0.717) is 19.3 Å². The van der Waals surface area contributed by atoms with E-state index in [1.807, 2.05) is 13.8 Å². The van der Waals surface area contributed by atoms with Gasteiger partial charge in [-0.15, -0.1) is 0 Å². The molecule has 1 aromatic rings. The lowest BCUT2D eigenvalue weighted by molar-refractivity contribution is 0.0487. The van der Waals surface area contributed by atoms with Crippen molar-refractivity contribution in [2.45, 2.75) is 51.0 Å². The number of rotatable bonds is 11.